The third kappa shape index (κ3) is 3.86. The monoisotopic (exact) mass is 361 g/mol. The molecule has 0 bridgehead atoms. The Morgan fingerprint density at radius 1 is 1.24 bits per heavy atom. The normalized spacial score (nSPS) is 10.5. The first-order valence-corrected chi connectivity index (χ1v) is 7.48. The second kappa shape index (κ2) is 7.18. The number of nitro benzene ring substituents is 1. The molecule has 2 aromatic carbocycles. The number of methoxy groups -OCH3 is 1. The topological polar surface area (TPSA) is 101 Å². The van der Waals surface area contributed by atoms with Gasteiger partial charge >= 0.3 is 0 Å². The van der Waals surface area contributed by atoms with Gasteiger partial charge in [-0.2, -0.15) is 4.98 Å². The van der Waals surface area contributed by atoms with E-state index in [-0.39, 0.29) is 23.9 Å². The molecule has 9 heteroatoms. The van der Waals surface area contributed by atoms with Crippen LogP contribution in [0.3, 0.4) is 0 Å². The Hall–Kier alpha value is -3.13. The highest BCUT2D eigenvalue weighted by Crippen LogP contribution is 2.31. The molecule has 0 N–H and O–H groups in total. The number of nitrogens with zero attached hydrogens (tertiary/aromatic N) is 3. The molecular weight excluding hydrogens is 350 g/mol. The lowest BCUT2D eigenvalue weighted by molar-refractivity contribution is -0.385. The van der Waals surface area contributed by atoms with Gasteiger partial charge in [-0.15, -0.1) is 0 Å². The highest BCUT2D eigenvalue weighted by molar-refractivity contribution is 6.30. The van der Waals surface area contributed by atoms with Crippen LogP contribution in [-0.4, -0.2) is 22.2 Å². The van der Waals surface area contributed by atoms with Crippen LogP contribution in [0.5, 0.6) is 11.5 Å². The number of halogens is 1. The van der Waals surface area contributed by atoms with Gasteiger partial charge in [-0.3, -0.25) is 10.1 Å². The second-order valence-electron chi connectivity index (χ2n) is 4.90. The van der Waals surface area contributed by atoms with Crippen LogP contribution in [0, 0.1) is 10.1 Å². The summed E-state index contributed by atoms with van der Waals surface area (Å²) in [5, 5.41) is 15.3. The fraction of sp³-hybridized carbons (Fsp3) is 0.125. The zero-order valence-electron chi connectivity index (χ0n) is 13.0. The predicted molar refractivity (Wildman–Crippen MR) is 88.7 cm³/mol. The minimum Gasteiger partial charge on any atom is -0.493 e. The fourth-order valence-corrected chi connectivity index (χ4v) is 2.28. The largest absolute Gasteiger partial charge is 0.493 e. The number of rotatable bonds is 6. The molecule has 0 saturated heterocycles. The maximum Gasteiger partial charge on any atom is 0.273 e. The highest BCUT2D eigenvalue weighted by atomic mass is 35.5. The summed E-state index contributed by atoms with van der Waals surface area (Å²) < 4.78 is 15.8. The van der Waals surface area contributed by atoms with Crippen LogP contribution in [-0.2, 0) is 6.61 Å². The van der Waals surface area contributed by atoms with E-state index in [2.05, 4.69) is 10.1 Å². The van der Waals surface area contributed by atoms with Gasteiger partial charge in [0, 0.05) is 16.7 Å². The average molecular weight is 362 g/mol. The molecule has 3 aromatic rings. The summed E-state index contributed by atoms with van der Waals surface area (Å²) in [4.78, 5) is 14.6. The maximum absolute atomic E-state index is 10.9. The van der Waals surface area contributed by atoms with Crippen molar-refractivity contribution in [3.8, 4) is 22.9 Å². The van der Waals surface area contributed by atoms with Gasteiger partial charge in [0.25, 0.3) is 11.6 Å². The molecule has 0 aliphatic carbocycles. The molecule has 3 rings (SSSR count). The third-order valence-corrected chi connectivity index (χ3v) is 3.50. The molecule has 0 aliphatic rings. The SMILES string of the molecule is COc1ccc([N+](=O)[O-])cc1OCc1nc(-c2cccc(Cl)c2)no1. The summed E-state index contributed by atoms with van der Waals surface area (Å²) in [6.07, 6.45) is 0. The lowest BCUT2D eigenvalue weighted by Crippen LogP contribution is -1.99. The summed E-state index contributed by atoms with van der Waals surface area (Å²) in [5.74, 6) is 1.15. The first-order valence-electron chi connectivity index (χ1n) is 7.10. The maximum atomic E-state index is 10.9. The van der Waals surface area contributed by atoms with Crippen LogP contribution >= 0.6 is 11.6 Å². The summed E-state index contributed by atoms with van der Waals surface area (Å²) in [7, 11) is 1.44. The first kappa shape index (κ1) is 16.7. The van der Waals surface area contributed by atoms with Crippen LogP contribution in [0.4, 0.5) is 5.69 Å². The van der Waals surface area contributed by atoms with Crippen LogP contribution in [0.25, 0.3) is 11.4 Å². The number of nitro groups is 1. The van der Waals surface area contributed by atoms with Gasteiger partial charge in [0.05, 0.1) is 18.1 Å². The molecule has 1 heterocycles. The van der Waals surface area contributed by atoms with Gasteiger partial charge in [0.15, 0.2) is 18.1 Å². The lowest BCUT2D eigenvalue weighted by Gasteiger charge is -2.08. The van der Waals surface area contributed by atoms with Gasteiger partial charge in [-0.05, 0) is 18.2 Å². The van der Waals surface area contributed by atoms with E-state index in [0.717, 1.165) is 0 Å². The highest BCUT2D eigenvalue weighted by Gasteiger charge is 2.15. The van der Waals surface area contributed by atoms with Gasteiger partial charge in [0.1, 0.15) is 0 Å². The van der Waals surface area contributed by atoms with Crippen LogP contribution in [0.2, 0.25) is 5.02 Å². The minimum atomic E-state index is -0.518. The van der Waals surface area contributed by atoms with Crippen molar-refractivity contribution in [1.29, 1.82) is 0 Å². The fourth-order valence-electron chi connectivity index (χ4n) is 2.09. The second-order valence-corrected chi connectivity index (χ2v) is 5.34. The molecule has 0 unspecified atom stereocenters. The Morgan fingerprint density at radius 2 is 2.08 bits per heavy atom. The van der Waals surface area contributed by atoms with E-state index in [1.807, 2.05) is 0 Å². The number of aromatic nitrogens is 2. The van der Waals surface area contributed by atoms with E-state index in [9.17, 15) is 10.1 Å². The average Bonchev–Trinajstić information content (AvgIpc) is 3.08. The Labute approximate surface area is 147 Å². The lowest BCUT2D eigenvalue weighted by atomic mass is 10.2. The summed E-state index contributed by atoms with van der Waals surface area (Å²) in [6.45, 7) is -0.0644. The number of hydrogen-bond donors (Lipinski definition) is 0. The van der Waals surface area contributed by atoms with Crippen molar-refractivity contribution in [3.05, 3.63) is 63.5 Å². The van der Waals surface area contributed by atoms with Crippen molar-refractivity contribution >= 4 is 17.3 Å². The molecule has 8 nitrogen and oxygen atoms in total. The molecule has 0 spiro atoms. The van der Waals surface area contributed by atoms with E-state index in [0.29, 0.717) is 22.2 Å². The summed E-state index contributed by atoms with van der Waals surface area (Å²) in [6, 6.07) is 11.1. The standard InChI is InChI=1S/C16H12ClN3O5/c1-23-13-6-5-12(20(21)22)8-14(13)24-9-15-18-16(19-25-15)10-3-2-4-11(17)7-10/h2-8H,9H2,1H3. The Kier molecular flexibility index (Phi) is 4.80. The predicted octanol–water partition coefficient (Wildman–Crippen LogP) is 3.89. The number of non-ortho nitro benzene ring substituents is 1. The van der Waals surface area contributed by atoms with Crippen LogP contribution < -0.4 is 9.47 Å². The first-order chi connectivity index (χ1) is 12.1. The van der Waals surface area contributed by atoms with Gasteiger partial charge in [0.2, 0.25) is 5.82 Å². The van der Waals surface area contributed by atoms with Crippen molar-refractivity contribution in [2.24, 2.45) is 0 Å². The van der Waals surface area contributed by atoms with Crippen molar-refractivity contribution in [2.75, 3.05) is 7.11 Å². The van der Waals surface area contributed by atoms with Gasteiger partial charge < -0.3 is 14.0 Å². The molecule has 0 atom stereocenters. The Morgan fingerprint density at radius 3 is 2.80 bits per heavy atom. The molecule has 0 amide bonds. The van der Waals surface area contributed by atoms with E-state index >= 15 is 0 Å². The smallest absolute Gasteiger partial charge is 0.273 e. The molecule has 0 saturated carbocycles. The molecular formula is C16H12ClN3O5. The Bertz CT molecular complexity index is 912. The Balaban J connectivity index is 1.76. The van der Waals surface area contributed by atoms with E-state index in [4.69, 9.17) is 25.6 Å². The molecule has 0 aliphatic heterocycles. The molecule has 128 valence electrons. The molecule has 0 fully saturated rings. The van der Waals surface area contributed by atoms with Gasteiger partial charge in [-0.25, -0.2) is 0 Å². The summed E-state index contributed by atoms with van der Waals surface area (Å²) in [5.41, 5.74) is 0.594. The van der Waals surface area contributed by atoms with Gasteiger partial charge in [-0.1, -0.05) is 28.9 Å². The van der Waals surface area contributed by atoms with E-state index < -0.39 is 4.92 Å². The molecule has 1 aromatic heterocycles. The molecule has 0 radical (unpaired) electrons. The molecule has 25 heavy (non-hydrogen) atoms. The van der Waals surface area contributed by atoms with E-state index in [1.54, 1.807) is 24.3 Å². The number of ether oxygens (including phenoxy) is 2. The van der Waals surface area contributed by atoms with Crippen molar-refractivity contribution in [2.45, 2.75) is 6.61 Å². The van der Waals surface area contributed by atoms with Crippen LogP contribution in [0.15, 0.2) is 47.0 Å². The van der Waals surface area contributed by atoms with Crippen LogP contribution in [0.1, 0.15) is 5.89 Å². The minimum absolute atomic E-state index is 0.0644. The van der Waals surface area contributed by atoms with Crippen molar-refractivity contribution in [1.82, 2.24) is 10.1 Å². The quantitative estimate of drug-likeness (QED) is 0.485. The number of benzene rings is 2. The zero-order valence-corrected chi connectivity index (χ0v) is 13.8. The van der Waals surface area contributed by atoms with Crippen molar-refractivity contribution in [3.63, 3.8) is 0 Å². The van der Waals surface area contributed by atoms with E-state index in [1.165, 1.54) is 25.3 Å². The zero-order chi connectivity index (χ0) is 17.8. The summed E-state index contributed by atoms with van der Waals surface area (Å²) >= 11 is 5.94. The number of hydrogen-bond acceptors (Lipinski definition) is 7. The third-order valence-electron chi connectivity index (χ3n) is 3.26. The van der Waals surface area contributed by atoms with Crippen molar-refractivity contribution < 1.29 is 18.9 Å².